The average molecular weight is 258 g/mol. The standard InChI is InChI=1S/C14H14N2O3/c1-10-3-4-11(19-10)5-6-14(17)16-12-9-15-8-7-13(12)18-2/h3-9H,1-2H3,(H,16,17)/b6-5-. The lowest BCUT2D eigenvalue weighted by molar-refractivity contribution is -0.111. The minimum atomic E-state index is -0.277. The summed E-state index contributed by atoms with van der Waals surface area (Å²) < 4.78 is 10.4. The first-order valence-corrected chi connectivity index (χ1v) is 5.72. The Kier molecular flexibility index (Phi) is 3.97. The van der Waals surface area contributed by atoms with E-state index in [0.29, 0.717) is 17.2 Å². The molecular formula is C14H14N2O3. The van der Waals surface area contributed by atoms with Crippen LogP contribution in [0.25, 0.3) is 6.08 Å². The molecule has 0 atom stereocenters. The van der Waals surface area contributed by atoms with Crippen molar-refractivity contribution in [1.82, 2.24) is 4.98 Å². The number of aryl methyl sites for hydroxylation is 1. The molecule has 0 saturated carbocycles. The summed E-state index contributed by atoms with van der Waals surface area (Å²) in [5.74, 6) is 1.71. The quantitative estimate of drug-likeness (QED) is 0.856. The molecule has 2 heterocycles. The number of amides is 1. The second kappa shape index (κ2) is 5.86. The zero-order valence-corrected chi connectivity index (χ0v) is 10.7. The van der Waals surface area contributed by atoms with Gasteiger partial charge in [0.05, 0.1) is 13.3 Å². The van der Waals surface area contributed by atoms with E-state index in [-0.39, 0.29) is 5.91 Å². The second-order valence-electron chi connectivity index (χ2n) is 3.85. The third-order valence-corrected chi connectivity index (χ3v) is 2.42. The van der Waals surface area contributed by atoms with Crippen molar-refractivity contribution in [1.29, 1.82) is 0 Å². The summed E-state index contributed by atoms with van der Waals surface area (Å²) in [4.78, 5) is 15.7. The number of methoxy groups -OCH3 is 1. The number of carbonyl (C=O) groups excluding carboxylic acids is 1. The summed E-state index contributed by atoms with van der Waals surface area (Å²) in [7, 11) is 1.53. The second-order valence-corrected chi connectivity index (χ2v) is 3.85. The van der Waals surface area contributed by atoms with E-state index >= 15 is 0 Å². The molecule has 19 heavy (non-hydrogen) atoms. The van der Waals surface area contributed by atoms with Gasteiger partial charge in [0.25, 0.3) is 0 Å². The van der Waals surface area contributed by atoms with Crippen molar-refractivity contribution in [2.24, 2.45) is 0 Å². The molecule has 1 amide bonds. The van der Waals surface area contributed by atoms with E-state index < -0.39 is 0 Å². The van der Waals surface area contributed by atoms with Crippen molar-refractivity contribution in [3.8, 4) is 5.75 Å². The van der Waals surface area contributed by atoms with Crippen LogP contribution >= 0.6 is 0 Å². The molecule has 0 bridgehead atoms. The van der Waals surface area contributed by atoms with Gasteiger partial charge in [-0.05, 0) is 25.1 Å². The van der Waals surface area contributed by atoms with Gasteiger partial charge < -0.3 is 14.5 Å². The van der Waals surface area contributed by atoms with E-state index in [1.807, 2.05) is 13.0 Å². The molecule has 2 aromatic heterocycles. The number of rotatable bonds is 4. The van der Waals surface area contributed by atoms with Crippen molar-refractivity contribution in [3.05, 3.63) is 48.2 Å². The van der Waals surface area contributed by atoms with Crippen LogP contribution in [0.2, 0.25) is 0 Å². The fraction of sp³-hybridized carbons (Fsp3) is 0.143. The third-order valence-electron chi connectivity index (χ3n) is 2.42. The molecule has 2 aromatic rings. The van der Waals surface area contributed by atoms with Gasteiger partial charge in [-0.3, -0.25) is 9.78 Å². The number of hydrogen-bond donors (Lipinski definition) is 1. The number of aromatic nitrogens is 1. The van der Waals surface area contributed by atoms with Gasteiger partial charge in [-0.1, -0.05) is 0 Å². The number of pyridine rings is 1. The molecule has 0 unspecified atom stereocenters. The summed E-state index contributed by atoms with van der Waals surface area (Å²) in [5, 5.41) is 2.68. The minimum Gasteiger partial charge on any atom is -0.494 e. The largest absolute Gasteiger partial charge is 0.494 e. The monoisotopic (exact) mass is 258 g/mol. The molecule has 0 saturated heterocycles. The van der Waals surface area contributed by atoms with Crippen LogP contribution in [0.3, 0.4) is 0 Å². The van der Waals surface area contributed by atoms with Crippen LogP contribution < -0.4 is 10.1 Å². The Morgan fingerprint density at radius 3 is 2.95 bits per heavy atom. The Balaban J connectivity index is 2.03. The topological polar surface area (TPSA) is 64.4 Å². The Morgan fingerprint density at radius 1 is 1.42 bits per heavy atom. The van der Waals surface area contributed by atoms with Gasteiger partial charge >= 0.3 is 0 Å². The van der Waals surface area contributed by atoms with Gasteiger partial charge in [0.1, 0.15) is 23.0 Å². The number of nitrogens with zero attached hydrogens (tertiary/aromatic N) is 1. The van der Waals surface area contributed by atoms with Crippen LogP contribution in [0.5, 0.6) is 5.75 Å². The van der Waals surface area contributed by atoms with Crippen molar-refractivity contribution in [2.45, 2.75) is 6.92 Å². The Labute approximate surface area is 110 Å². The van der Waals surface area contributed by atoms with E-state index in [9.17, 15) is 4.79 Å². The lowest BCUT2D eigenvalue weighted by Gasteiger charge is -2.06. The fourth-order valence-corrected chi connectivity index (χ4v) is 1.53. The predicted octanol–water partition coefficient (Wildman–Crippen LogP) is 2.64. The highest BCUT2D eigenvalue weighted by molar-refractivity contribution is 6.02. The number of carbonyl (C=O) groups is 1. The summed E-state index contributed by atoms with van der Waals surface area (Å²) in [6, 6.07) is 5.31. The van der Waals surface area contributed by atoms with Crippen molar-refractivity contribution >= 4 is 17.7 Å². The first-order chi connectivity index (χ1) is 9.19. The molecule has 0 aromatic carbocycles. The highest BCUT2D eigenvalue weighted by Gasteiger charge is 2.04. The van der Waals surface area contributed by atoms with E-state index in [4.69, 9.17) is 9.15 Å². The normalized spacial score (nSPS) is 10.6. The van der Waals surface area contributed by atoms with Gasteiger partial charge in [0, 0.05) is 18.3 Å². The summed E-state index contributed by atoms with van der Waals surface area (Å²) in [6.07, 6.45) is 6.12. The van der Waals surface area contributed by atoms with Crippen molar-refractivity contribution in [3.63, 3.8) is 0 Å². The highest BCUT2D eigenvalue weighted by atomic mass is 16.5. The van der Waals surface area contributed by atoms with Crippen LogP contribution in [0, 0.1) is 6.92 Å². The average Bonchev–Trinajstić information content (AvgIpc) is 2.83. The van der Waals surface area contributed by atoms with Crippen molar-refractivity contribution in [2.75, 3.05) is 12.4 Å². The van der Waals surface area contributed by atoms with Crippen LogP contribution in [0.15, 0.2) is 41.1 Å². The molecule has 2 rings (SSSR count). The molecular weight excluding hydrogens is 244 g/mol. The molecule has 5 nitrogen and oxygen atoms in total. The molecule has 0 spiro atoms. The predicted molar refractivity (Wildman–Crippen MR) is 71.9 cm³/mol. The Hall–Kier alpha value is -2.56. The molecule has 5 heteroatoms. The van der Waals surface area contributed by atoms with Gasteiger partial charge in [0.2, 0.25) is 5.91 Å². The van der Waals surface area contributed by atoms with Gasteiger partial charge in [0.15, 0.2) is 0 Å². The number of ether oxygens (including phenoxy) is 1. The number of hydrogen-bond acceptors (Lipinski definition) is 4. The number of anilines is 1. The van der Waals surface area contributed by atoms with E-state index in [2.05, 4.69) is 10.3 Å². The van der Waals surface area contributed by atoms with Crippen LogP contribution in [-0.2, 0) is 4.79 Å². The Bertz CT molecular complexity index is 602. The van der Waals surface area contributed by atoms with E-state index in [0.717, 1.165) is 5.76 Å². The summed E-state index contributed by atoms with van der Waals surface area (Å²) in [5.41, 5.74) is 0.523. The molecule has 0 aliphatic carbocycles. The first kappa shape index (κ1) is 12.9. The lowest BCUT2D eigenvalue weighted by Crippen LogP contribution is -2.09. The molecule has 98 valence electrons. The van der Waals surface area contributed by atoms with Crippen LogP contribution in [0.4, 0.5) is 5.69 Å². The summed E-state index contributed by atoms with van der Waals surface area (Å²) in [6.45, 7) is 1.85. The maximum Gasteiger partial charge on any atom is 0.248 e. The smallest absolute Gasteiger partial charge is 0.248 e. The van der Waals surface area contributed by atoms with Gasteiger partial charge in [-0.2, -0.15) is 0 Å². The molecule has 0 fully saturated rings. The first-order valence-electron chi connectivity index (χ1n) is 5.72. The zero-order valence-electron chi connectivity index (χ0n) is 10.7. The molecule has 0 aliphatic rings. The molecule has 0 radical (unpaired) electrons. The van der Waals surface area contributed by atoms with Crippen LogP contribution in [0.1, 0.15) is 11.5 Å². The Morgan fingerprint density at radius 2 is 2.26 bits per heavy atom. The van der Waals surface area contributed by atoms with Crippen molar-refractivity contribution < 1.29 is 13.9 Å². The molecule has 0 aliphatic heterocycles. The zero-order chi connectivity index (χ0) is 13.7. The maximum absolute atomic E-state index is 11.7. The van der Waals surface area contributed by atoms with Crippen LogP contribution in [-0.4, -0.2) is 18.0 Å². The van der Waals surface area contributed by atoms with Gasteiger partial charge in [-0.15, -0.1) is 0 Å². The number of nitrogens with one attached hydrogen (secondary N) is 1. The maximum atomic E-state index is 11.7. The highest BCUT2D eigenvalue weighted by Crippen LogP contribution is 2.21. The molecule has 1 N–H and O–H groups in total. The van der Waals surface area contributed by atoms with E-state index in [1.165, 1.54) is 19.4 Å². The van der Waals surface area contributed by atoms with E-state index in [1.54, 1.807) is 24.4 Å². The third kappa shape index (κ3) is 3.45. The number of furan rings is 1. The minimum absolute atomic E-state index is 0.277. The SMILES string of the molecule is COc1ccncc1NC(=O)/C=C\c1ccc(C)o1. The lowest BCUT2D eigenvalue weighted by atomic mass is 10.3. The fourth-order valence-electron chi connectivity index (χ4n) is 1.53. The summed E-state index contributed by atoms with van der Waals surface area (Å²) >= 11 is 0. The van der Waals surface area contributed by atoms with Gasteiger partial charge in [-0.25, -0.2) is 0 Å².